The summed E-state index contributed by atoms with van der Waals surface area (Å²) >= 11 is 0. The SMILES string of the molecule is CC(NC(=O)C(Cc1c[nH]c2ccccc12)NC(=O)C(Cc1c[nH]c2ccccc12)NC(=O)C(N)Cc1ccc(O)cc1)C(=O)O. The van der Waals surface area contributed by atoms with E-state index in [9.17, 15) is 29.4 Å². The standard InChI is InChI=1S/C34H36N6O6/c1-19(34(45)46)38-32(43)29(15-21-17-36-27-8-4-2-6-24(21)27)40-33(44)30(16-22-18-37-28-9-5-3-7-25(22)28)39-31(42)26(35)14-20-10-12-23(41)13-11-20/h2-13,17-19,26,29-30,36-37,41H,14-16,35H2,1H3,(H,38,43)(H,39,42)(H,40,44)(H,45,46). The van der Waals surface area contributed by atoms with Crippen LogP contribution in [0.25, 0.3) is 21.8 Å². The van der Waals surface area contributed by atoms with E-state index < -0.39 is 47.9 Å². The average Bonchev–Trinajstić information content (AvgIpc) is 3.65. The first-order valence-electron chi connectivity index (χ1n) is 14.9. The molecule has 4 unspecified atom stereocenters. The summed E-state index contributed by atoms with van der Waals surface area (Å²) in [6.07, 6.45) is 3.80. The normalized spacial score (nSPS) is 13.9. The van der Waals surface area contributed by atoms with Gasteiger partial charge < -0.3 is 41.9 Å². The lowest BCUT2D eigenvalue weighted by Crippen LogP contribution is -2.58. The van der Waals surface area contributed by atoms with Crippen molar-refractivity contribution in [3.63, 3.8) is 0 Å². The molecular formula is C34H36N6O6. The fraction of sp³-hybridized carbons (Fsp3) is 0.235. The van der Waals surface area contributed by atoms with E-state index in [1.807, 2.05) is 48.5 Å². The molecule has 0 fully saturated rings. The molecule has 12 heteroatoms. The van der Waals surface area contributed by atoms with Gasteiger partial charge in [-0.15, -0.1) is 0 Å². The summed E-state index contributed by atoms with van der Waals surface area (Å²) in [5.41, 5.74) is 10.2. The summed E-state index contributed by atoms with van der Waals surface area (Å²) in [5.74, 6) is -3.04. The second-order valence-corrected chi connectivity index (χ2v) is 11.3. The van der Waals surface area contributed by atoms with Gasteiger partial charge in [-0.2, -0.15) is 0 Å². The molecular weight excluding hydrogens is 588 g/mol. The molecule has 3 amide bonds. The highest BCUT2D eigenvalue weighted by Crippen LogP contribution is 2.21. The molecule has 0 spiro atoms. The number of H-pyrrole nitrogens is 2. The van der Waals surface area contributed by atoms with E-state index >= 15 is 0 Å². The number of carboxylic acids is 1. The monoisotopic (exact) mass is 624 g/mol. The Morgan fingerprint density at radius 3 is 1.70 bits per heavy atom. The Balaban J connectivity index is 1.41. The fourth-order valence-electron chi connectivity index (χ4n) is 5.36. The number of aromatic hydroxyl groups is 1. The largest absolute Gasteiger partial charge is 0.508 e. The van der Waals surface area contributed by atoms with Crippen LogP contribution in [-0.4, -0.2) is 68.0 Å². The Morgan fingerprint density at radius 2 is 1.17 bits per heavy atom. The topological polar surface area (TPSA) is 202 Å². The van der Waals surface area contributed by atoms with Gasteiger partial charge in [-0.1, -0.05) is 48.5 Å². The number of fused-ring (bicyclic) bond motifs is 2. The van der Waals surface area contributed by atoms with Crippen molar-refractivity contribution < 1.29 is 29.4 Å². The summed E-state index contributed by atoms with van der Waals surface area (Å²) < 4.78 is 0. The van der Waals surface area contributed by atoms with Gasteiger partial charge in [0.25, 0.3) is 0 Å². The maximum absolute atomic E-state index is 14.0. The molecule has 5 rings (SSSR count). The Labute approximate surface area is 264 Å². The van der Waals surface area contributed by atoms with Crippen LogP contribution in [0.5, 0.6) is 5.75 Å². The first-order chi connectivity index (χ1) is 22.1. The first-order valence-corrected chi connectivity index (χ1v) is 14.9. The van der Waals surface area contributed by atoms with Crippen LogP contribution in [0.2, 0.25) is 0 Å². The van der Waals surface area contributed by atoms with Gasteiger partial charge in [0, 0.05) is 47.0 Å². The summed E-state index contributed by atoms with van der Waals surface area (Å²) in [4.78, 5) is 58.6. The zero-order chi connectivity index (χ0) is 32.8. The molecule has 0 aliphatic rings. The number of aromatic nitrogens is 2. The number of phenolic OH excluding ortho intramolecular Hbond substituents is 1. The van der Waals surface area contributed by atoms with Crippen LogP contribution in [0.1, 0.15) is 23.6 Å². The van der Waals surface area contributed by atoms with E-state index in [1.165, 1.54) is 19.1 Å². The van der Waals surface area contributed by atoms with E-state index in [4.69, 9.17) is 5.73 Å². The predicted molar refractivity (Wildman–Crippen MR) is 173 cm³/mol. The highest BCUT2D eigenvalue weighted by Gasteiger charge is 2.31. The molecule has 0 aliphatic carbocycles. The zero-order valence-corrected chi connectivity index (χ0v) is 25.1. The minimum Gasteiger partial charge on any atom is -0.508 e. The van der Waals surface area contributed by atoms with Crippen LogP contribution < -0.4 is 21.7 Å². The van der Waals surface area contributed by atoms with Crippen molar-refractivity contribution in [1.82, 2.24) is 25.9 Å². The maximum Gasteiger partial charge on any atom is 0.325 e. The van der Waals surface area contributed by atoms with Gasteiger partial charge in [0.1, 0.15) is 23.9 Å². The molecule has 0 aliphatic heterocycles. The molecule has 2 heterocycles. The summed E-state index contributed by atoms with van der Waals surface area (Å²) in [5, 5.41) is 28.7. The van der Waals surface area contributed by atoms with Crippen molar-refractivity contribution in [3.8, 4) is 5.75 Å². The number of carboxylic acid groups (broad SMARTS) is 1. The Hall–Kier alpha value is -5.62. The Morgan fingerprint density at radius 1 is 0.696 bits per heavy atom. The van der Waals surface area contributed by atoms with Crippen molar-refractivity contribution in [2.24, 2.45) is 5.73 Å². The van der Waals surface area contributed by atoms with Gasteiger partial charge in [0.05, 0.1) is 6.04 Å². The van der Waals surface area contributed by atoms with E-state index in [2.05, 4.69) is 25.9 Å². The van der Waals surface area contributed by atoms with E-state index in [-0.39, 0.29) is 25.0 Å². The number of rotatable bonds is 13. The number of para-hydroxylation sites is 2. The molecule has 12 nitrogen and oxygen atoms in total. The molecule has 2 aromatic heterocycles. The van der Waals surface area contributed by atoms with Crippen molar-refractivity contribution in [2.75, 3.05) is 0 Å². The van der Waals surface area contributed by atoms with E-state index in [1.54, 1.807) is 24.5 Å². The number of aliphatic carboxylic acids is 1. The third-order valence-electron chi connectivity index (χ3n) is 7.92. The molecule has 46 heavy (non-hydrogen) atoms. The second kappa shape index (κ2) is 14.0. The average molecular weight is 625 g/mol. The lowest BCUT2D eigenvalue weighted by molar-refractivity contribution is -0.141. The summed E-state index contributed by atoms with van der Waals surface area (Å²) in [7, 11) is 0. The van der Waals surface area contributed by atoms with Crippen molar-refractivity contribution in [1.29, 1.82) is 0 Å². The highest BCUT2D eigenvalue weighted by atomic mass is 16.4. The molecule has 3 aromatic carbocycles. The lowest BCUT2D eigenvalue weighted by atomic mass is 10.0. The minimum absolute atomic E-state index is 0.0576. The number of aromatic amines is 2. The molecule has 0 saturated carbocycles. The number of carbonyl (C=O) groups excluding carboxylic acids is 3. The second-order valence-electron chi connectivity index (χ2n) is 11.3. The third-order valence-corrected chi connectivity index (χ3v) is 7.92. The number of nitrogens with two attached hydrogens (primary N) is 1. The summed E-state index contributed by atoms with van der Waals surface area (Å²) in [6.45, 7) is 1.33. The quantitative estimate of drug-likeness (QED) is 0.0981. The third kappa shape index (κ3) is 7.53. The Bertz CT molecular complexity index is 1860. The molecule has 0 bridgehead atoms. The molecule has 0 radical (unpaired) electrons. The van der Waals surface area contributed by atoms with Gasteiger partial charge in [-0.25, -0.2) is 0 Å². The van der Waals surface area contributed by atoms with Crippen molar-refractivity contribution >= 4 is 45.5 Å². The number of benzene rings is 3. The first kappa shape index (κ1) is 31.8. The van der Waals surface area contributed by atoms with Gasteiger partial charge in [0.15, 0.2) is 0 Å². The molecule has 238 valence electrons. The Kier molecular flexibility index (Phi) is 9.67. The number of phenols is 1. The van der Waals surface area contributed by atoms with Gasteiger partial charge in [0.2, 0.25) is 17.7 Å². The van der Waals surface area contributed by atoms with Crippen LogP contribution >= 0.6 is 0 Å². The highest BCUT2D eigenvalue weighted by molar-refractivity contribution is 5.95. The molecule has 5 aromatic rings. The van der Waals surface area contributed by atoms with Crippen molar-refractivity contribution in [3.05, 3.63) is 102 Å². The van der Waals surface area contributed by atoms with Gasteiger partial charge in [-0.05, 0) is 54.3 Å². The van der Waals surface area contributed by atoms with Crippen LogP contribution in [0.4, 0.5) is 0 Å². The molecule has 9 N–H and O–H groups in total. The van der Waals surface area contributed by atoms with Crippen LogP contribution in [0.3, 0.4) is 0 Å². The maximum atomic E-state index is 14.0. The number of nitrogens with one attached hydrogen (secondary N) is 5. The number of hydrogen-bond donors (Lipinski definition) is 8. The van der Waals surface area contributed by atoms with Crippen LogP contribution in [-0.2, 0) is 38.4 Å². The number of amides is 3. The number of hydrogen-bond acceptors (Lipinski definition) is 6. The predicted octanol–water partition coefficient (Wildman–Crippen LogP) is 2.27. The zero-order valence-electron chi connectivity index (χ0n) is 25.1. The molecule has 4 atom stereocenters. The minimum atomic E-state index is -1.22. The van der Waals surface area contributed by atoms with E-state index in [0.717, 1.165) is 38.5 Å². The van der Waals surface area contributed by atoms with Crippen LogP contribution in [0.15, 0.2) is 85.2 Å². The van der Waals surface area contributed by atoms with Gasteiger partial charge >= 0.3 is 5.97 Å². The lowest BCUT2D eigenvalue weighted by Gasteiger charge is -2.25. The van der Waals surface area contributed by atoms with E-state index in [0.29, 0.717) is 0 Å². The van der Waals surface area contributed by atoms with Gasteiger partial charge in [-0.3, -0.25) is 19.2 Å². The number of carbonyl (C=O) groups is 4. The smallest absolute Gasteiger partial charge is 0.325 e. The fourth-order valence-corrected chi connectivity index (χ4v) is 5.36. The molecule has 0 saturated heterocycles. The van der Waals surface area contributed by atoms with Crippen molar-refractivity contribution in [2.45, 2.75) is 50.4 Å². The van der Waals surface area contributed by atoms with Crippen LogP contribution in [0, 0.1) is 0 Å². The summed E-state index contributed by atoms with van der Waals surface area (Å²) in [6, 6.07) is 16.8.